The molecule has 0 bridgehead atoms. The summed E-state index contributed by atoms with van der Waals surface area (Å²) < 4.78 is 1.68. The van der Waals surface area contributed by atoms with Crippen LogP contribution in [0, 0.1) is 19.8 Å². The van der Waals surface area contributed by atoms with Crippen molar-refractivity contribution in [2.45, 2.75) is 34.1 Å². The molecule has 106 valence electrons. The number of carbonyl (C=O) groups excluding carboxylic acids is 1. The van der Waals surface area contributed by atoms with E-state index in [1.807, 2.05) is 33.8 Å². The molecule has 1 N–H and O–H groups in total. The zero-order valence-electron chi connectivity index (χ0n) is 12.2. The van der Waals surface area contributed by atoms with Gasteiger partial charge >= 0.3 is 0 Å². The maximum Gasteiger partial charge on any atom is 0.250 e. The highest BCUT2D eigenvalue weighted by Crippen LogP contribution is 2.10. The third-order valence-corrected chi connectivity index (χ3v) is 2.71. The molecule has 1 amide bonds. The molecular weight excluding hydrogens is 254 g/mol. The van der Waals surface area contributed by atoms with Crippen molar-refractivity contribution in [2.24, 2.45) is 5.92 Å². The molecule has 20 heavy (non-hydrogen) atoms. The number of anilines is 1. The molecule has 0 aliphatic rings. The summed E-state index contributed by atoms with van der Waals surface area (Å²) in [6.07, 6.45) is 3.67. The summed E-state index contributed by atoms with van der Waals surface area (Å²) >= 11 is 0. The van der Waals surface area contributed by atoms with E-state index in [-0.39, 0.29) is 5.91 Å². The van der Waals surface area contributed by atoms with Crippen molar-refractivity contribution in [3.8, 4) is 5.95 Å². The van der Waals surface area contributed by atoms with Gasteiger partial charge in [0.15, 0.2) is 0 Å². The van der Waals surface area contributed by atoms with Crippen LogP contribution in [0.1, 0.15) is 31.7 Å². The van der Waals surface area contributed by atoms with E-state index in [2.05, 4.69) is 20.4 Å². The Labute approximate surface area is 118 Å². The van der Waals surface area contributed by atoms with Crippen molar-refractivity contribution in [3.63, 3.8) is 0 Å². The van der Waals surface area contributed by atoms with Crippen LogP contribution in [-0.4, -0.2) is 25.7 Å². The molecule has 0 radical (unpaired) electrons. The van der Waals surface area contributed by atoms with Gasteiger partial charge in [-0.05, 0) is 25.8 Å². The third-order valence-electron chi connectivity index (χ3n) is 2.71. The van der Waals surface area contributed by atoms with Gasteiger partial charge in [-0.25, -0.2) is 14.6 Å². The van der Waals surface area contributed by atoms with Gasteiger partial charge in [-0.2, -0.15) is 5.10 Å². The smallest absolute Gasteiger partial charge is 0.250 e. The minimum atomic E-state index is -0.0255. The van der Waals surface area contributed by atoms with Gasteiger partial charge in [0.05, 0.1) is 23.8 Å². The predicted molar refractivity (Wildman–Crippen MR) is 76.7 cm³/mol. The molecule has 6 heteroatoms. The summed E-state index contributed by atoms with van der Waals surface area (Å²) in [5, 5.41) is 7.09. The maximum atomic E-state index is 11.7. The molecule has 0 aliphatic heterocycles. The quantitative estimate of drug-likeness (QED) is 0.927. The van der Waals surface area contributed by atoms with Crippen molar-refractivity contribution >= 4 is 11.6 Å². The van der Waals surface area contributed by atoms with Gasteiger partial charge in [0.1, 0.15) is 0 Å². The molecule has 0 aliphatic carbocycles. The second-order valence-electron chi connectivity index (χ2n) is 5.26. The number of hydrogen-bond donors (Lipinski definition) is 1. The number of hydrogen-bond acceptors (Lipinski definition) is 4. The van der Waals surface area contributed by atoms with Gasteiger partial charge in [0.25, 0.3) is 5.95 Å². The van der Waals surface area contributed by atoms with E-state index in [0.29, 0.717) is 24.0 Å². The Kier molecular flexibility index (Phi) is 4.12. The second-order valence-corrected chi connectivity index (χ2v) is 5.26. The fraction of sp³-hybridized carbons (Fsp3) is 0.429. The van der Waals surface area contributed by atoms with Crippen molar-refractivity contribution in [3.05, 3.63) is 29.8 Å². The van der Waals surface area contributed by atoms with Crippen LogP contribution >= 0.6 is 0 Å². The molecule has 2 aromatic heterocycles. The zero-order chi connectivity index (χ0) is 14.7. The Balaban J connectivity index is 2.10. The normalized spacial score (nSPS) is 10.8. The van der Waals surface area contributed by atoms with E-state index >= 15 is 0 Å². The molecule has 0 saturated heterocycles. The topological polar surface area (TPSA) is 72.7 Å². The Morgan fingerprint density at radius 1 is 1.30 bits per heavy atom. The van der Waals surface area contributed by atoms with Crippen LogP contribution in [0.3, 0.4) is 0 Å². The summed E-state index contributed by atoms with van der Waals surface area (Å²) in [4.78, 5) is 20.1. The van der Waals surface area contributed by atoms with Crippen LogP contribution in [0.2, 0.25) is 0 Å². The number of amides is 1. The van der Waals surface area contributed by atoms with Crippen LogP contribution in [0.25, 0.3) is 5.95 Å². The number of rotatable bonds is 4. The SMILES string of the molecule is Cc1cc(C)n(-c2ncc(NC(=O)CC(C)C)cn2)n1. The monoisotopic (exact) mass is 273 g/mol. The molecule has 2 heterocycles. The highest BCUT2D eigenvalue weighted by Gasteiger charge is 2.08. The van der Waals surface area contributed by atoms with Crippen LogP contribution in [0.15, 0.2) is 18.5 Å². The van der Waals surface area contributed by atoms with E-state index in [4.69, 9.17) is 0 Å². The van der Waals surface area contributed by atoms with Crippen molar-refractivity contribution in [1.29, 1.82) is 0 Å². The van der Waals surface area contributed by atoms with Crippen LogP contribution in [0.4, 0.5) is 5.69 Å². The van der Waals surface area contributed by atoms with Crippen molar-refractivity contribution < 1.29 is 4.79 Å². The molecule has 0 fully saturated rings. The van der Waals surface area contributed by atoms with Crippen molar-refractivity contribution in [1.82, 2.24) is 19.7 Å². The van der Waals surface area contributed by atoms with E-state index in [9.17, 15) is 4.79 Å². The van der Waals surface area contributed by atoms with Gasteiger partial charge in [0.2, 0.25) is 5.91 Å². The number of nitrogens with zero attached hydrogens (tertiary/aromatic N) is 4. The van der Waals surface area contributed by atoms with Crippen LogP contribution in [-0.2, 0) is 4.79 Å². The molecule has 2 aromatic rings. The molecule has 0 saturated carbocycles. The lowest BCUT2D eigenvalue weighted by atomic mass is 10.1. The highest BCUT2D eigenvalue weighted by molar-refractivity contribution is 5.90. The van der Waals surface area contributed by atoms with Crippen molar-refractivity contribution in [2.75, 3.05) is 5.32 Å². The summed E-state index contributed by atoms with van der Waals surface area (Å²) in [5.74, 6) is 0.796. The van der Waals surface area contributed by atoms with E-state index in [1.54, 1.807) is 17.1 Å². The zero-order valence-corrected chi connectivity index (χ0v) is 12.2. The van der Waals surface area contributed by atoms with Gasteiger partial charge in [-0.15, -0.1) is 0 Å². The molecule has 0 unspecified atom stereocenters. The summed E-state index contributed by atoms with van der Waals surface area (Å²) in [6, 6.07) is 1.96. The minimum absolute atomic E-state index is 0.0255. The van der Waals surface area contributed by atoms with Gasteiger partial charge in [-0.3, -0.25) is 4.79 Å². The second kappa shape index (κ2) is 5.81. The fourth-order valence-electron chi connectivity index (χ4n) is 1.91. The van der Waals surface area contributed by atoms with Gasteiger partial charge in [0, 0.05) is 12.1 Å². The van der Waals surface area contributed by atoms with Crippen LogP contribution in [0.5, 0.6) is 0 Å². The minimum Gasteiger partial charge on any atom is -0.323 e. The molecule has 6 nitrogen and oxygen atoms in total. The Morgan fingerprint density at radius 3 is 2.45 bits per heavy atom. The summed E-state index contributed by atoms with van der Waals surface area (Å²) in [6.45, 7) is 7.87. The largest absolute Gasteiger partial charge is 0.323 e. The van der Waals surface area contributed by atoms with E-state index < -0.39 is 0 Å². The lowest BCUT2D eigenvalue weighted by Gasteiger charge is -2.07. The lowest BCUT2D eigenvalue weighted by molar-refractivity contribution is -0.116. The number of carbonyl (C=O) groups is 1. The van der Waals surface area contributed by atoms with E-state index in [0.717, 1.165) is 11.4 Å². The Bertz CT molecular complexity index is 601. The first kappa shape index (κ1) is 14.2. The number of aryl methyl sites for hydroxylation is 2. The highest BCUT2D eigenvalue weighted by atomic mass is 16.1. The summed E-state index contributed by atoms with van der Waals surface area (Å²) in [7, 11) is 0. The Hall–Kier alpha value is -2.24. The first-order valence-corrected chi connectivity index (χ1v) is 6.61. The molecule has 0 aromatic carbocycles. The molecule has 0 atom stereocenters. The number of nitrogens with one attached hydrogen (secondary N) is 1. The first-order valence-electron chi connectivity index (χ1n) is 6.61. The first-order chi connectivity index (χ1) is 9.45. The fourth-order valence-corrected chi connectivity index (χ4v) is 1.91. The Morgan fingerprint density at radius 2 is 1.95 bits per heavy atom. The average molecular weight is 273 g/mol. The average Bonchev–Trinajstić information content (AvgIpc) is 2.68. The number of aromatic nitrogens is 4. The lowest BCUT2D eigenvalue weighted by Crippen LogP contribution is -2.14. The standard InChI is InChI=1S/C14H19N5O/c1-9(2)5-13(20)17-12-7-15-14(16-8-12)19-11(4)6-10(3)18-19/h6-9H,5H2,1-4H3,(H,17,20). The van der Waals surface area contributed by atoms with E-state index in [1.165, 1.54) is 0 Å². The van der Waals surface area contributed by atoms with Gasteiger partial charge < -0.3 is 5.32 Å². The summed E-state index contributed by atoms with van der Waals surface area (Å²) in [5.41, 5.74) is 2.49. The third kappa shape index (κ3) is 3.40. The predicted octanol–water partition coefficient (Wildman–Crippen LogP) is 2.26. The molecule has 2 rings (SSSR count). The van der Waals surface area contributed by atoms with Gasteiger partial charge in [-0.1, -0.05) is 13.8 Å². The van der Waals surface area contributed by atoms with Crippen LogP contribution < -0.4 is 5.32 Å². The molecule has 0 spiro atoms. The molecular formula is C14H19N5O. The maximum absolute atomic E-state index is 11.7.